The third kappa shape index (κ3) is 4.04. The average Bonchev–Trinajstić information content (AvgIpc) is 3.00. The third-order valence-electron chi connectivity index (χ3n) is 3.47. The van der Waals surface area contributed by atoms with E-state index >= 15 is 0 Å². The number of carbonyl (C=O) groups is 1. The molecule has 1 aliphatic carbocycles. The maximum Gasteiger partial charge on any atom is 0.240 e. The maximum atomic E-state index is 11.9. The zero-order valence-corrected chi connectivity index (χ0v) is 11.3. The van der Waals surface area contributed by atoms with E-state index in [0.717, 1.165) is 18.5 Å². The van der Waals surface area contributed by atoms with Crippen molar-refractivity contribution in [3.05, 3.63) is 11.8 Å². The SMILES string of the molecule is Cc1cc(NC(=O)CN(CCO)C2CCCC2)on1. The number of hydrogen-bond acceptors (Lipinski definition) is 5. The Balaban J connectivity index is 1.87. The van der Waals surface area contributed by atoms with Gasteiger partial charge in [-0.15, -0.1) is 0 Å². The lowest BCUT2D eigenvalue weighted by atomic mass is 10.2. The highest BCUT2D eigenvalue weighted by atomic mass is 16.5. The molecule has 0 radical (unpaired) electrons. The summed E-state index contributed by atoms with van der Waals surface area (Å²) in [5.41, 5.74) is 0.735. The Hall–Kier alpha value is -1.40. The Morgan fingerprint density at radius 3 is 2.89 bits per heavy atom. The van der Waals surface area contributed by atoms with Gasteiger partial charge in [-0.3, -0.25) is 15.0 Å². The highest BCUT2D eigenvalue weighted by Crippen LogP contribution is 2.23. The van der Waals surface area contributed by atoms with E-state index in [9.17, 15) is 4.79 Å². The Kier molecular flexibility index (Phi) is 4.93. The number of aryl methyl sites for hydroxylation is 1. The molecule has 0 spiro atoms. The van der Waals surface area contributed by atoms with Crippen molar-refractivity contribution in [2.24, 2.45) is 0 Å². The van der Waals surface area contributed by atoms with Crippen LogP contribution >= 0.6 is 0 Å². The van der Waals surface area contributed by atoms with Gasteiger partial charge in [0.2, 0.25) is 11.8 Å². The second kappa shape index (κ2) is 6.68. The van der Waals surface area contributed by atoms with Crippen molar-refractivity contribution < 1.29 is 14.4 Å². The molecular formula is C13H21N3O3. The molecule has 1 amide bonds. The first-order chi connectivity index (χ1) is 9.19. The predicted octanol–water partition coefficient (Wildman–Crippen LogP) is 1.16. The first-order valence-corrected chi connectivity index (χ1v) is 6.77. The summed E-state index contributed by atoms with van der Waals surface area (Å²) in [6, 6.07) is 2.10. The first kappa shape index (κ1) is 14.0. The van der Waals surface area contributed by atoms with Crippen molar-refractivity contribution >= 4 is 11.8 Å². The molecule has 0 bridgehead atoms. The fourth-order valence-corrected chi connectivity index (χ4v) is 2.57. The summed E-state index contributed by atoms with van der Waals surface area (Å²) in [6.45, 7) is 2.69. The molecule has 0 aromatic carbocycles. The van der Waals surface area contributed by atoms with E-state index in [1.54, 1.807) is 13.0 Å². The Morgan fingerprint density at radius 1 is 1.58 bits per heavy atom. The van der Waals surface area contributed by atoms with Gasteiger partial charge in [0.1, 0.15) is 0 Å². The number of nitrogens with one attached hydrogen (secondary N) is 1. The molecule has 19 heavy (non-hydrogen) atoms. The Morgan fingerprint density at radius 2 is 2.32 bits per heavy atom. The van der Waals surface area contributed by atoms with Gasteiger partial charge in [0.15, 0.2) is 0 Å². The molecule has 0 saturated heterocycles. The molecule has 1 aliphatic rings. The van der Waals surface area contributed by atoms with Gasteiger partial charge in [0.25, 0.3) is 0 Å². The van der Waals surface area contributed by atoms with Crippen molar-refractivity contribution in [3.8, 4) is 0 Å². The molecule has 2 rings (SSSR count). The van der Waals surface area contributed by atoms with Gasteiger partial charge < -0.3 is 9.63 Å². The number of nitrogens with zero attached hydrogens (tertiary/aromatic N) is 2. The number of aliphatic hydroxyl groups is 1. The minimum Gasteiger partial charge on any atom is -0.395 e. The van der Waals surface area contributed by atoms with Crippen molar-refractivity contribution in [1.29, 1.82) is 0 Å². The van der Waals surface area contributed by atoms with Crippen LogP contribution in [0.1, 0.15) is 31.4 Å². The van der Waals surface area contributed by atoms with Gasteiger partial charge in [0.05, 0.1) is 18.8 Å². The molecule has 0 atom stereocenters. The van der Waals surface area contributed by atoms with Crippen LogP contribution in [0.5, 0.6) is 0 Å². The monoisotopic (exact) mass is 267 g/mol. The summed E-state index contributed by atoms with van der Waals surface area (Å²) >= 11 is 0. The van der Waals surface area contributed by atoms with Gasteiger partial charge >= 0.3 is 0 Å². The van der Waals surface area contributed by atoms with Gasteiger partial charge in [0, 0.05) is 18.7 Å². The Labute approximate surface area is 112 Å². The van der Waals surface area contributed by atoms with Crippen LogP contribution < -0.4 is 5.32 Å². The van der Waals surface area contributed by atoms with Gasteiger partial charge in [-0.2, -0.15) is 0 Å². The van der Waals surface area contributed by atoms with Crippen LogP contribution in [-0.4, -0.2) is 46.8 Å². The van der Waals surface area contributed by atoms with E-state index in [1.807, 2.05) is 4.90 Å². The van der Waals surface area contributed by atoms with Crippen molar-refractivity contribution in [2.45, 2.75) is 38.6 Å². The molecule has 1 aromatic rings. The molecule has 1 aromatic heterocycles. The average molecular weight is 267 g/mol. The van der Waals surface area contributed by atoms with Gasteiger partial charge in [-0.1, -0.05) is 18.0 Å². The van der Waals surface area contributed by atoms with E-state index in [-0.39, 0.29) is 19.1 Å². The fourth-order valence-electron chi connectivity index (χ4n) is 2.57. The van der Waals surface area contributed by atoms with Gasteiger partial charge in [-0.25, -0.2) is 0 Å². The van der Waals surface area contributed by atoms with Crippen LogP contribution in [0.25, 0.3) is 0 Å². The molecule has 1 heterocycles. The minimum atomic E-state index is -0.128. The summed E-state index contributed by atoms with van der Waals surface area (Å²) < 4.78 is 4.95. The number of aromatic nitrogens is 1. The topological polar surface area (TPSA) is 78.6 Å². The van der Waals surface area contributed by atoms with Crippen LogP contribution in [0.2, 0.25) is 0 Å². The van der Waals surface area contributed by atoms with Crippen molar-refractivity contribution in [1.82, 2.24) is 10.1 Å². The summed E-state index contributed by atoms with van der Waals surface area (Å²) in [5.74, 6) is 0.245. The molecule has 0 aliphatic heterocycles. The van der Waals surface area contributed by atoms with Crippen LogP contribution in [-0.2, 0) is 4.79 Å². The normalized spacial score (nSPS) is 16.2. The van der Waals surface area contributed by atoms with Crippen molar-refractivity contribution in [2.75, 3.05) is 25.0 Å². The lowest BCUT2D eigenvalue weighted by Crippen LogP contribution is -2.41. The standard InChI is InChI=1S/C13H21N3O3/c1-10-8-13(19-15-10)14-12(18)9-16(6-7-17)11-4-2-3-5-11/h8,11,17H,2-7,9H2,1H3,(H,14,18). The number of anilines is 1. The molecule has 2 N–H and O–H groups in total. The molecule has 1 saturated carbocycles. The minimum absolute atomic E-state index is 0.0746. The lowest BCUT2D eigenvalue weighted by molar-refractivity contribution is -0.118. The number of hydrogen-bond donors (Lipinski definition) is 2. The maximum absolute atomic E-state index is 11.9. The summed E-state index contributed by atoms with van der Waals surface area (Å²) in [5, 5.41) is 15.5. The molecule has 106 valence electrons. The summed E-state index contributed by atoms with van der Waals surface area (Å²) in [7, 11) is 0. The third-order valence-corrected chi connectivity index (χ3v) is 3.47. The smallest absolute Gasteiger partial charge is 0.240 e. The number of carbonyl (C=O) groups excluding carboxylic acids is 1. The fraction of sp³-hybridized carbons (Fsp3) is 0.692. The predicted molar refractivity (Wildman–Crippen MR) is 70.8 cm³/mol. The second-order valence-corrected chi connectivity index (χ2v) is 5.01. The van der Waals surface area contributed by atoms with Crippen LogP contribution in [0.3, 0.4) is 0 Å². The number of rotatable bonds is 6. The summed E-state index contributed by atoms with van der Waals surface area (Å²) in [6.07, 6.45) is 4.62. The second-order valence-electron chi connectivity index (χ2n) is 5.01. The lowest BCUT2D eigenvalue weighted by Gasteiger charge is -2.27. The first-order valence-electron chi connectivity index (χ1n) is 6.77. The number of aliphatic hydroxyl groups excluding tert-OH is 1. The van der Waals surface area contributed by atoms with E-state index in [4.69, 9.17) is 9.63 Å². The van der Waals surface area contributed by atoms with Crippen molar-refractivity contribution in [3.63, 3.8) is 0 Å². The highest BCUT2D eigenvalue weighted by molar-refractivity contribution is 5.90. The highest BCUT2D eigenvalue weighted by Gasteiger charge is 2.24. The summed E-state index contributed by atoms with van der Waals surface area (Å²) in [4.78, 5) is 14.0. The molecular weight excluding hydrogens is 246 g/mol. The zero-order valence-electron chi connectivity index (χ0n) is 11.3. The largest absolute Gasteiger partial charge is 0.395 e. The van der Waals surface area contributed by atoms with E-state index < -0.39 is 0 Å². The Bertz CT molecular complexity index is 413. The molecule has 0 unspecified atom stereocenters. The number of amides is 1. The van der Waals surface area contributed by atoms with Crippen LogP contribution in [0.15, 0.2) is 10.6 Å². The van der Waals surface area contributed by atoms with E-state index in [1.165, 1.54) is 12.8 Å². The van der Waals surface area contributed by atoms with Gasteiger partial charge in [-0.05, 0) is 19.8 Å². The molecule has 6 heteroatoms. The zero-order chi connectivity index (χ0) is 13.7. The molecule has 6 nitrogen and oxygen atoms in total. The van der Waals surface area contributed by atoms with E-state index in [0.29, 0.717) is 18.5 Å². The molecule has 1 fully saturated rings. The van der Waals surface area contributed by atoms with E-state index in [2.05, 4.69) is 10.5 Å². The van der Waals surface area contributed by atoms with Crippen LogP contribution in [0, 0.1) is 6.92 Å². The van der Waals surface area contributed by atoms with Crippen LogP contribution in [0.4, 0.5) is 5.88 Å². The quantitative estimate of drug-likeness (QED) is 0.808.